The lowest BCUT2D eigenvalue weighted by Gasteiger charge is -2.07. The average Bonchev–Trinajstić information content (AvgIpc) is 3.00. The Morgan fingerprint density at radius 1 is 1.08 bits per heavy atom. The summed E-state index contributed by atoms with van der Waals surface area (Å²) >= 11 is 0. The van der Waals surface area contributed by atoms with Crippen LogP contribution >= 0.6 is 0 Å². The number of hydrogen-bond acceptors (Lipinski definition) is 3. The highest BCUT2D eigenvalue weighted by Crippen LogP contribution is 2.31. The van der Waals surface area contributed by atoms with Crippen molar-refractivity contribution in [2.24, 2.45) is 0 Å². The molecule has 0 aliphatic heterocycles. The molecule has 0 spiro atoms. The van der Waals surface area contributed by atoms with Crippen LogP contribution in [0.25, 0.3) is 33.2 Å². The molecule has 0 bridgehead atoms. The van der Waals surface area contributed by atoms with E-state index in [1.165, 1.54) is 0 Å². The molecule has 1 N–H and O–H groups in total. The molecule has 0 amide bonds. The van der Waals surface area contributed by atoms with Crippen molar-refractivity contribution in [3.05, 3.63) is 66.2 Å². The molecule has 4 heteroatoms. The Morgan fingerprint density at radius 2 is 1.83 bits per heavy atom. The minimum atomic E-state index is -0.327. The first-order chi connectivity index (χ1) is 11.8. The van der Waals surface area contributed by atoms with Gasteiger partial charge in [0, 0.05) is 21.9 Å². The summed E-state index contributed by atoms with van der Waals surface area (Å²) in [6, 6.07) is 19.5. The molecule has 24 heavy (non-hydrogen) atoms. The number of ether oxygens (including phenoxy) is 1. The van der Waals surface area contributed by atoms with Crippen molar-refractivity contribution in [1.82, 2.24) is 9.97 Å². The number of carbonyl (C=O) groups excluding carboxylic acids is 1. The molecular weight excluding hydrogens is 300 g/mol. The van der Waals surface area contributed by atoms with Gasteiger partial charge in [-0.3, -0.25) is 0 Å². The average molecular weight is 316 g/mol. The van der Waals surface area contributed by atoms with Crippen molar-refractivity contribution in [2.75, 3.05) is 6.61 Å². The van der Waals surface area contributed by atoms with Crippen LogP contribution in [0.5, 0.6) is 0 Å². The molecule has 4 rings (SSSR count). The van der Waals surface area contributed by atoms with E-state index in [1.54, 1.807) is 0 Å². The van der Waals surface area contributed by atoms with E-state index in [4.69, 9.17) is 9.72 Å². The third-order valence-electron chi connectivity index (χ3n) is 4.03. The maximum atomic E-state index is 12.5. The number of fused-ring (bicyclic) bond motifs is 3. The third-order valence-corrected chi connectivity index (χ3v) is 4.03. The van der Waals surface area contributed by atoms with Gasteiger partial charge in [-0.1, -0.05) is 48.5 Å². The number of aromatic nitrogens is 2. The van der Waals surface area contributed by atoms with E-state index < -0.39 is 0 Å². The molecule has 4 aromatic rings. The SMILES string of the molecule is CCOC(=O)c1cc(-c2ccccc2)nc2[nH]c3ccccc3c12. The zero-order valence-corrected chi connectivity index (χ0v) is 13.2. The van der Waals surface area contributed by atoms with Crippen molar-refractivity contribution < 1.29 is 9.53 Å². The van der Waals surface area contributed by atoms with Gasteiger partial charge in [0.15, 0.2) is 0 Å². The number of H-pyrrole nitrogens is 1. The first-order valence-electron chi connectivity index (χ1n) is 7.92. The summed E-state index contributed by atoms with van der Waals surface area (Å²) < 4.78 is 5.26. The monoisotopic (exact) mass is 316 g/mol. The molecule has 0 saturated carbocycles. The molecule has 0 saturated heterocycles. The lowest BCUT2D eigenvalue weighted by atomic mass is 10.0. The Morgan fingerprint density at radius 3 is 2.62 bits per heavy atom. The Labute approximate surface area is 139 Å². The molecule has 0 radical (unpaired) electrons. The van der Waals surface area contributed by atoms with Crippen molar-refractivity contribution in [3.63, 3.8) is 0 Å². The van der Waals surface area contributed by atoms with E-state index in [0.29, 0.717) is 17.8 Å². The number of hydrogen-bond donors (Lipinski definition) is 1. The minimum Gasteiger partial charge on any atom is -0.462 e. The molecule has 0 fully saturated rings. The molecule has 4 nitrogen and oxygen atoms in total. The van der Waals surface area contributed by atoms with Gasteiger partial charge in [0.1, 0.15) is 5.65 Å². The van der Waals surface area contributed by atoms with Gasteiger partial charge in [-0.2, -0.15) is 0 Å². The quantitative estimate of drug-likeness (QED) is 0.564. The van der Waals surface area contributed by atoms with Crippen LogP contribution < -0.4 is 0 Å². The fourth-order valence-electron chi connectivity index (χ4n) is 2.97. The minimum absolute atomic E-state index is 0.327. The number of pyridine rings is 1. The van der Waals surface area contributed by atoms with E-state index in [0.717, 1.165) is 27.5 Å². The maximum absolute atomic E-state index is 12.5. The number of nitrogens with one attached hydrogen (secondary N) is 1. The molecular formula is C20H16N2O2. The first kappa shape index (κ1) is 14.5. The highest BCUT2D eigenvalue weighted by atomic mass is 16.5. The fourth-order valence-corrected chi connectivity index (χ4v) is 2.97. The Balaban J connectivity index is 2.05. The molecule has 0 atom stereocenters. The molecule has 0 unspecified atom stereocenters. The Hall–Kier alpha value is -3.14. The largest absolute Gasteiger partial charge is 0.462 e. The summed E-state index contributed by atoms with van der Waals surface area (Å²) in [6.07, 6.45) is 0. The van der Waals surface area contributed by atoms with E-state index >= 15 is 0 Å². The van der Waals surface area contributed by atoms with Crippen LogP contribution in [0.15, 0.2) is 60.7 Å². The Kier molecular flexibility index (Phi) is 3.50. The lowest BCUT2D eigenvalue weighted by Crippen LogP contribution is -2.06. The zero-order valence-electron chi connectivity index (χ0n) is 13.2. The molecule has 0 aliphatic carbocycles. The smallest absolute Gasteiger partial charge is 0.338 e. The van der Waals surface area contributed by atoms with Crippen LogP contribution in [0.3, 0.4) is 0 Å². The summed E-state index contributed by atoms with van der Waals surface area (Å²) in [5, 5.41) is 1.78. The maximum Gasteiger partial charge on any atom is 0.338 e. The number of benzene rings is 2. The van der Waals surface area contributed by atoms with Crippen LogP contribution in [0, 0.1) is 0 Å². The number of nitrogens with zero attached hydrogens (tertiary/aromatic N) is 1. The van der Waals surface area contributed by atoms with Gasteiger partial charge in [-0.05, 0) is 19.1 Å². The first-order valence-corrected chi connectivity index (χ1v) is 7.92. The second kappa shape index (κ2) is 5.81. The number of para-hydroxylation sites is 1. The molecule has 2 heterocycles. The second-order valence-corrected chi connectivity index (χ2v) is 5.54. The summed E-state index contributed by atoms with van der Waals surface area (Å²) in [7, 11) is 0. The van der Waals surface area contributed by atoms with Crippen LogP contribution in [0.2, 0.25) is 0 Å². The normalized spacial score (nSPS) is 11.0. The fraction of sp³-hybridized carbons (Fsp3) is 0.100. The Bertz CT molecular complexity index is 1040. The summed E-state index contributed by atoms with van der Waals surface area (Å²) in [4.78, 5) is 20.5. The van der Waals surface area contributed by atoms with Gasteiger partial charge in [0.05, 0.1) is 17.9 Å². The number of esters is 1. The highest BCUT2D eigenvalue weighted by Gasteiger charge is 2.18. The van der Waals surface area contributed by atoms with Gasteiger partial charge in [0.25, 0.3) is 0 Å². The van der Waals surface area contributed by atoms with Gasteiger partial charge in [-0.25, -0.2) is 9.78 Å². The van der Waals surface area contributed by atoms with Gasteiger partial charge < -0.3 is 9.72 Å². The van der Waals surface area contributed by atoms with Crippen molar-refractivity contribution in [2.45, 2.75) is 6.92 Å². The van der Waals surface area contributed by atoms with Crippen molar-refractivity contribution >= 4 is 27.9 Å². The predicted molar refractivity (Wildman–Crippen MR) is 95.0 cm³/mol. The summed E-state index contributed by atoms with van der Waals surface area (Å²) in [6.45, 7) is 2.15. The topological polar surface area (TPSA) is 55.0 Å². The van der Waals surface area contributed by atoms with Crippen LogP contribution in [0.1, 0.15) is 17.3 Å². The van der Waals surface area contributed by atoms with Gasteiger partial charge in [-0.15, -0.1) is 0 Å². The summed E-state index contributed by atoms with van der Waals surface area (Å²) in [5.74, 6) is -0.327. The summed E-state index contributed by atoms with van der Waals surface area (Å²) in [5.41, 5.74) is 3.90. The standard InChI is InChI=1S/C20H16N2O2/c1-2-24-20(23)15-12-17(13-8-4-3-5-9-13)22-19-18(15)14-10-6-7-11-16(14)21-19/h3-12H,2H2,1H3,(H,21,22). The lowest BCUT2D eigenvalue weighted by molar-refractivity contribution is 0.0528. The zero-order chi connectivity index (χ0) is 16.5. The third kappa shape index (κ3) is 2.33. The molecule has 0 aliphatic rings. The predicted octanol–water partition coefficient (Wildman–Crippen LogP) is 4.56. The van der Waals surface area contributed by atoms with Crippen LogP contribution in [-0.4, -0.2) is 22.5 Å². The van der Waals surface area contributed by atoms with E-state index in [2.05, 4.69) is 4.98 Å². The molecule has 118 valence electrons. The molecule has 2 aromatic carbocycles. The number of rotatable bonds is 3. The van der Waals surface area contributed by atoms with Crippen LogP contribution in [-0.2, 0) is 4.74 Å². The number of carbonyl (C=O) groups is 1. The number of aromatic amines is 1. The second-order valence-electron chi connectivity index (χ2n) is 5.54. The van der Waals surface area contributed by atoms with Crippen molar-refractivity contribution in [3.8, 4) is 11.3 Å². The van der Waals surface area contributed by atoms with Gasteiger partial charge in [0.2, 0.25) is 0 Å². The van der Waals surface area contributed by atoms with Gasteiger partial charge >= 0.3 is 5.97 Å². The van der Waals surface area contributed by atoms with E-state index in [-0.39, 0.29) is 5.97 Å². The van der Waals surface area contributed by atoms with E-state index in [1.807, 2.05) is 67.6 Å². The highest BCUT2D eigenvalue weighted by molar-refractivity contribution is 6.16. The van der Waals surface area contributed by atoms with Crippen molar-refractivity contribution in [1.29, 1.82) is 0 Å². The molecule has 2 aromatic heterocycles. The van der Waals surface area contributed by atoms with Crippen LogP contribution in [0.4, 0.5) is 0 Å². The van der Waals surface area contributed by atoms with E-state index in [9.17, 15) is 4.79 Å².